The first kappa shape index (κ1) is 29.3. The Morgan fingerprint density at radius 1 is 1.25 bits per heavy atom. The highest BCUT2D eigenvalue weighted by Crippen LogP contribution is 2.59. The SMILES string of the molecule is Cc1cn(C2CC(O)C(COP(=O)(O)OP(=O)([O-])OC3OC(C)CC(N(C)C)C3O)O2)c(=O)[nH]c1=O. The maximum atomic E-state index is 12.3. The van der Waals surface area contributed by atoms with E-state index in [2.05, 4.69) is 13.8 Å². The molecule has 36 heavy (non-hydrogen) atoms. The number of aliphatic hydroxyl groups excluding tert-OH is 2. The fraction of sp³-hybridized carbons (Fsp3) is 0.778. The van der Waals surface area contributed by atoms with Crippen molar-refractivity contribution in [1.82, 2.24) is 14.5 Å². The minimum Gasteiger partial charge on any atom is -0.756 e. The topological polar surface area (TPSA) is 222 Å². The van der Waals surface area contributed by atoms with Gasteiger partial charge in [-0.3, -0.25) is 28.0 Å². The number of likely N-dealkylation sites (N-methyl/N-ethyl adjacent to an activating group) is 1. The molecule has 0 saturated carbocycles. The Kier molecular flexibility index (Phi) is 9.14. The molecule has 2 aliphatic heterocycles. The van der Waals surface area contributed by atoms with Crippen LogP contribution in [0.25, 0.3) is 0 Å². The number of hydrogen-bond donors (Lipinski definition) is 4. The van der Waals surface area contributed by atoms with E-state index in [1.165, 1.54) is 13.1 Å². The van der Waals surface area contributed by atoms with E-state index >= 15 is 0 Å². The van der Waals surface area contributed by atoms with Gasteiger partial charge in [-0.1, -0.05) is 0 Å². The third-order valence-electron chi connectivity index (χ3n) is 5.77. The molecule has 9 atom stereocenters. The van der Waals surface area contributed by atoms with E-state index < -0.39 is 76.5 Å². The smallest absolute Gasteiger partial charge is 0.478 e. The third-order valence-corrected chi connectivity index (χ3v) is 8.34. The second-order valence-electron chi connectivity index (χ2n) is 8.88. The van der Waals surface area contributed by atoms with Crippen molar-refractivity contribution in [2.45, 2.75) is 69.7 Å². The Balaban J connectivity index is 1.59. The number of hydrogen-bond acceptors (Lipinski definition) is 13. The van der Waals surface area contributed by atoms with Crippen molar-refractivity contribution < 1.29 is 52.0 Å². The summed E-state index contributed by atoms with van der Waals surface area (Å²) in [6.07, 6.45) is -5.62. The molecule has 0 amide bonds. The molecule has 9 unspecified atom stereocenters. The zero-order chi connectivity index (χ0) is 27.0. The normalized spacial score (nSPS) is 34.4. The molecule has 2 fully saturated rings. The number of phosphoric acid groups is 2. The first-order valence-corrected chi connectivity index (χ1v) is 13.9. The van der Waals surface area contributed by atoms with Gasteiger partial charge < -0.3 is 34.4 Å². The van der Waals surface area contributed by atoms with Crippen LogP contribution in [-0.4, -0.2) is 87.0 Å². The average molecular weight is 558 g/mol. The van der Waals surface area contributed by atoms with Crippen LogP contribution < -0.4 is 16.1 Å². The summed E-state index contributed by atoms with van der Waals surface area (Å²) in [5, 5.41) is 20.6. The summed E-state index contributed by atoms with van der Waals surface area (Å²) in [7, 11) is -7.49. The number of rotatable bonds is 9. The maximum absolute atomic E-state index is 12.3. The number of aliphatic hydroxyl groups is 2. The predicted molar refractivity (Wildman–Crippen MR) is 119 cm³/mol. The van der Waals surface area contributed by atoms with Crippen LogP contribution in [0.2, 0.25) is 0 Å². The number of aromatic amines is 1. The van der Waals surface area contributed by atoms with Crippen LogP contribution >= 0.6 is 15.6 Å². The molecule has 0 aliphatic carbocycles. The van der Waals surface area contributed by atoms with Gasteiger partial charge in [-0.15, -0.1) is 0 Å². The van der Waals surface area contributed by atoms with Gasteiger partial charge in [-0.25, -0.2) is 13.7 Å². The van der Waals surface area contributed by atoms with E-state index in [0.717, 1.165) is 4.57 Å². The summed E-state index contributed by atoms with van der Waals surface area (Å²) >= 11 is 0. The molecular formula is C18H30N3O13P2-. The third kappa shape index (κ3) is 7.19. The molecule has 0 aromatic carbocycles. The minimum atomic E-state index is -5.53. The Bertz CT molecular complexity index is 1140. The summed E-state index contributed by atoms with van der Waals surface area (Å²) in [6, 6.07) is -0.511. The Morgan fingerprint density at radius 3 is 2.56 bits per heavy atom. The van der Waals surface area contributed by atoms with Crippen molar-refractivity contribution in [2.75, 3.05) is 20.7 Å². The number of nitrogens with zero attached hydrogens (tertiary/aromatic N) is 2. The summed E-state index contributed by atoms with van der Waals surface area (Å²) in [6.45, 7) is 2.31. The minimum absolute atomic E-state index is 0.124. The van der Waals surface area contributed by atoms with Crippen LogP contribution in [-0.2, 0) is 32.0 Å². The van der Waals surface area contributed by atoms with E-state index in [1.54, 1.807) is 25.9 Å². The number of aryl methyl sites for hydroxylation is 1. The number of phosphoric ester groups is 2. The number of H-pyrrole nitrogens is 1. The van der Waals surface area contributed by atoms with Crippen LogP contribution in [0.3, 0.4) is 0 Å². The average Bonchev–Trinajstić information content (AvgIpc) is 3.10. The lowest BCUT2D eigenvalue weighted by molar-refractivity contribution is -0.270. The molecule has 4 N–H and O–H groups in total. The zero-order valence-corrected chi connectivity index (χ0v) is 21.7. The van der Waals surface area contributed by atoms with Gasteiger partial charge in [0.05, 0.1) is 18.8 Å². The van der Waals surface area contributed by atoms with Crippen molar-refractivity contribution in [3.63, 3.8) is 0 Å². The summed E-state index contributed by atoms with van der Waals surface area (Å²) < 4.78 is 49.9. The zero-order valence-electron chi connectivity index (χ0n) is 20.0. The van der Waals surface area contributed by atoms with Crippen molar-refractivity contribution in [2.24, 2.45) is 0 Å². The quantitative estimate of drug-likeness (QED) is 0.254. The van der Waals surface area contributed by atoms with E-state index in [1.807, 2.05) is 0 Å². The highest BCUT2D eigenvalue weighted by molar-refractivity contribution is 7.60. The molecule has 0 radical (unpaired) electrons. The van der Waals surface area contributed by atoms with E-state index in [9.17, 15) is 38.7 Å². The van der Waals surface area contributed by atoms with E-state index in [4.69, 9.17) is 14.0 Å². The molecule has 2 saturated heterocycles. The summed E-state index contributed by atoms with van der Waals surface area (Å²) in [5.74, 6) is 0. The second kappa shape index (κ2) is 11.2. The lowest BCUT2D eigenvalue weighted by atomic mass is 9.99. The molecule has 18 heteroatoms. The second-order valence-corrected chi connectivity index (χ2v) is 11.8. The molecule has 0 bridgehead atoms. The molecule has 3 rings (SSSR count). The molecule has 206 valence electrons. The van der Waals surface area contributed by atoms with Crippen molar-refractivity contribution in [3.05, 3.63) is 32.6 Å². The van der Waals surface area contributed by atoms with Gasteiger partial charge in [0.15, 0.2) is 6.29 Å². The fourth-order valence-electron chi connectivity index (χ4n) is 3.93. The largest absolute Gasteiger partial charge is 0.756 e. The number of nitrogens with one attached hydrogen (secondary N) is 1. The Hall–Kier alpha value is -1.26. The van der Waals surface area contributed by atoms with Crippen molar-refractivity contribution >= 4 is 15.6 Å². The van der Waals surface area contributed by atoms with Gasteiger partial charge in [0.25, 0.3) is 13.4 Å². The van der Waals surface area contributed by atoms with E-state index in [-0.39, 0.29) is 12.0 Å². The van der Waals surface area contributed by atoms with Gasteiger partial charge in [0, 0.05) is 24.2 Å². The van der Waals surface area contributed by atoms with Gasteiger partial charge in [0.1, 0.15) is 18.4 Å². The maximum Gasteiger partial charge on any atom is 0.478 e. The lowest BCUT2D eigenvalue weighted by Gasteiger charge is -2.42. The highest BCUT2D eigenvalue weighted by Gasteiger charge is 2.42. The Labute approximate surface area is 205 Å². The molecule has 0 spiro atoms. The van der Waals surface area contributed by atoms with Gasteiger partial charge in [-0.05, 0) is 34.4 Å². The van der Waals surface area contributed by atoms with Gasteiger partial charge >= 0.3 is 13.5 Å². The first-order valence-electron chi connectivity index (χ1n) is 10.9. The lowest BCUT2D eigenvalue weighted by Crippen LogP contribution is -2.54. The van der Waals surface area contributed by atoms with Gasteiger partial charge in [0.2, 0.25) is 0 Å². The van der Waals surface area contributed by atoms with Gasteiger partial charge in [-0.2, -0.15) is 0 Å². The standard InChI is InChI=1S/C18H31N3O13P2/c1-9-7-21(18(25)19-16(9)24)14-6-12(22)13(32-14)8-30-35(26,27)34-36(28,29)33-17-15(23)11(20(3)4)5-10(2)31-17/h7,10-15,17,22-23H,5-6,8H2,1-4H3,(H,26,27)(H,28,29)(H,19,24,25)/p-1. The van der Waals surface area contributed by atoms with E-state index in [0.29, 0.717) is 6.42 Å². The molecule has 2 aliphatic rings. The van der Waals surface area contributed by atoms with Crippen molar-refractivity contribution in [1.29, 1.82) is 0 Å². The predicted octanol–water partition coefficient (Wildman–Crippen LogP) is -1.46. The monoisotopic (exact) mass is 558 g/mol. The molecule has 1 aromatic heterocycles. The molecule has 1 aromatic rings. The number of ether oxygens (including phenoxy) is 2. The molecule has 3 heterocycles. The Morgan fingerprint density at radius 2 is 1.92 bits per heavy atom. The van der Waals surface area contributed by atoms with Crippen LogP contribution in [0.15, 0.2) is 15.8 Å². The van der Waals surface area contributed by atoms with Crippen molar-refractivity contribution in [3.8, 4) is 0 Å². The first-order chi connectivity index (χ1) is 16.6. The summed E-state index contributed by atoms with van der Waals surface area (Å²) in [4.78, 5) is 49.5. The molecule has 16 nitrogen and oxygen atoms in total. The fourth-order valence-corrected chi connectivity index (χ4v) is 6.05. The van der Waals surface area contributed by atoms with Crippen LogP contribution in [0, 0.1) is 6.92 Å². The highest BCUT2D eigenvalue weighted by atomic mass is 31.3. The van der Waals surface area contributed by atoms with Crippen LogP contribution in [0.4, 0.5) is 0 Å². The molecular weight excluding hydrogens is 528 g/mol. The number of aromatic nitrogens is 2. The summed E-state index contributed by atoms with van der Waals surface area (Å²) in [5.41, 5.74) is -1.16. The van der Waals surface area contributed by atoms with Crippen LogP contribution in [0.1, 0.15) is 31.6 Å². The van der Waals surface area contributed by atoms with Crippen LogP contribution in [0.5, 0.6) is 0 Å².